The molecule has 1 aromatic rings. The Bertz CT molecular complexity index is 281. The molecule has 0 bridgehead atoms. The number of ether oxygens (including phenoxy) is 2. The Hall–Kier alpha value is 0.280. The third kappa shape index (κ3) is 3.15. The maximum absolute atomic E-state index is 5.48. The second-order valence-electron chi connectivity index (χ2n) is 2.58. The first-order valence-corrected chi connectivity index (χ1v) is 6.59. The van der Waals surface area contributed by atoms with E-state index in [2.05, 4.69) is 45.2 Å². The quantitative estimate of drug-likeness (QED) is 0.695. The van der Waals surface area contributed by atoms with Gasteiger partial charge in [0.2, 0.25) is 0 Å². The topological polar surface area (TPSA) is 18.5 Å². The molecule has 0 fully saturated rings. The first kappa shape index (κ1) is 12.4. The van der Waals surface area contributed by atoms with E-state index in [0.29, 0.717) is 13.2 Å². The van der Waals surface area contributed by atoms with Crippen LogP contribution in [0.5, 0.6) is 11.5 Å². The Balaban J connectivity index is 2.97. The zero-order chi connectivity index (χ0) is 10.6. The third-order valence-corrected chi connectivity index (χ3v) is 3.27. The fraction of sp³-hybridized carbons (Fsp3) is 0.400. The first-order valence-electron chi connectivity index (χ1n) is 4.43. The average molecular weight is 418 g/mol. The van der Waals surface area contributed by atoms with Crippen molar-refractivity contribution in [1.29, 1.82) is 0 Å². The molecule has 0 aliphatic carbocycles. The molecule has 1 rings (SSSR count). The standard InChI is InChI=1S/C10H12I2O2/c1-3-13-9-5-8(12)10(14-4-2)6-7(9)11/h5-6H,3-4H2,1-2H3. The normalized spacial score (nSPS) is 10.0. The SMILES string of the molecule is CCOc1cc(I)c(OCC)cc1I. The molecule has 0 aromatic heterocycles. The summed E-state index contributed by atoms with van der Waals surface area (Å²) in [7, 11) is 0. The van der Waals surface area contributed by atoms with Crippen LogP contribution in [-0.2, 0) is 0 Å². The van der Waals surface area contributed by atoms with Gasteiger partial charge in [-0.15, -0.1) is 0 Å². The summed E-state index contributed by atoms with van der Waals surface area (Å²) >= 11 is 4.51. The molecule has 0 heterocycles. The van der Waals surface area contributed by atoms with Crippen LogP contribution in [0.3, 0.4) is 0 Å². The summed E-state index contributed by atoms with van der Waals surface area (Å²) in [5.74, 6) is 1.86. The molecular weight excluding hydrogens is 406 g/mol. The summed E-state index contributed by atoms with van der Waals surface area (Å²) in [5, 5.41) is 0. The van der Waals surface area contributed by atoms with E-state index in [1.54, 1.807) is 0 Å². The lowest BCUT2D eigenvalue weighted by Gasteiger charge is -2.10. The summed E-state index contributed by atoms with van der Waals surface area (Å²) in [4.78, 5) is 0. The van der Waals surface area contributed by atoms with E-state index in [9.17, 15) is 0 Å². The Morgan fingerprint density at radius 2 is 1.29 bits per heavy atom. The lowest BCUT2D eigenvalue weighted by Crippen LogP contribution is -1.98. The van der Waals surface area contributed by atoms with Crippen molar-refractivity contribution in [3.8, 4) is 11.5 Å². The lowest BCUT2D eigenvalue weighted by molar-refractivity contribution is 0.326. The average Bonchev–Trinajstić information content (AvgIpc) is 2.14. The van der Waals surface area contributed by atoms with Crippen LogP contribution >= 0.6 is 45.2 Å². The molecule has 2 nitrogen and oxygen atoms in total. The molecule has 0 aliphatic rings. The molecule has 0 atom stereocenters. The van der Waals surface area contributed by atoms with Crippen LogP contribution in [0, 0.1) is 7.14 Å². The van der Waals surface area contributed by atoms with Crippen molar-refractivity contribution in [3.63, 3.8) is 0 Å². The highest BCUT2D eigenvalue weighted by molar-refractivity contribution is 14.1. The van der Waals surface area contributed by atoms with Crippen molar-refractivity contribution in [2.45, 2.75) is 13.8 Å². The van der Waals surface area contributed by atoms with Crippen LogP contribution in [0.25, 0.3) is 0 Å². The Morgan fingerprint density at radius 1 is 0.929 bits per heavy atom. The van der Waals surface area contributed by atoms with Gasteiger partial charge in [-0.05, 0) is 71.2 Å². The van der Waals surface area contributed by atoms with Crippen molar-refractivity contribution in [2.24, 2.45) is 0 Å². The summed E-state index contributed by atoms with van der Waals surface area (Å²) in [6.07, 6.45) is 0. The van der Waals surface area contributed by atoms with E-state index in [0.717, 1.165) is 18.6 Å². The molecule has 0 amide bonds. The van der Waals surface area contributed by atoms with Crippen LogP contribution in [0.4, 0.5) is 0 Å². The van der Waals surface area contributed by atoms with Gasteiger partial charge in [0, 0.05) is 0 Å². The van der Waals surface area contributed by atoms with E-state index in [-0.39, 0.29) is 0 Å². The molecule has 0 spiro atoms. The maximum Gasteiger partial charge on any atom is 0.133 e. The molecular formula is C10H12I2O2. The van der Waals surface area contributed by atoms with Gasteiger partial charge in [0.25, 0.3) is 0 Å². The smallest absolute Gasteiger partial charge is 0.133 e. The van der Waals surface area contributed by atoms with Crippen molar-refractivity contribution in [3.05, 3.63) is 19.3 Å². The minimum Gasteiger partial charge on any atom is -0.493 e. The van der Waals surface area contributed by atoms with Crippen molar-refractivity contribution in [2.75, 3.05) is 13.2 Å². The van der Waals surface area contributed by atoms with Crippen molar-refractivity contribution in [1.82, 2.24) is 0 Å². The Labute approximate surface area is 112 Å². The summed E-state index contributed by atoms with van der Waals surface area (Å²) in [6.45, 7) is 5.36. The molecule has 1 aromatic carbocycles. The second kappa shape index (κ2) is 5.99. The Kier molecular flexibility index (Phi) is 5.29. The van der Waals surface area contributed by atoms with Gasteiger partial charge in [0.15, 0.2) is 0 Å². The minimum absolute atomic E-state index is 0.695. The molecule has 0 saturated heterocycles. The van der Waals surface area contributed by atoms with Gasteiger partial charge in [-0.2, -0.15) is 0 Å². The highest BCUT2D eigenvalue weighted by Crippen LogP contribution is 2.31. The monoisotopic (exact) mass is 418 g/mol. The minimum atomic E-state index is 0.695. The summed E-state index contributed by atoms with van der Waals surface area (Å²) in [5.41, 5.74) is 0. The molecule has 0 radical (unpaired) electrons. The lowest BCUT2D eigenvalue weighted by atomic mass is 10.3. The molecule has 0 aliphatic heterocycles. The van der Waals surface area contributed by atoms with Gasteiger partial charge in [-0.3, -0.25) is 0 Å². The molecule has 4 heteroatoms. The zero-order valence-corrected chi connectivity index (χ0v) is 12.5. The summed E-state index contributed by atoms with van der Waals surface area (Å²) in [6, 6.07) is 4.02. The van der Waals surface area contributed by atoms with Gasteiger partial charge in [-0.25, -0.2) is 0 Å². The fourth-order valence-corrected chi connectivity index (χ4v) is 2.23. The predicted octanol–water partition coefficient (Wildman–Crippen LogP) is 3.69. The number of benzene rings is 1. The molecule has 0 unspecified atom stereocenters. The number of halogens is 2. The van der Waals surface area contributed by atoms with Gasteiger partial charge >= 0.3 is 0 Å². The van der Waals surface area contributed by atoms with E-state index < -0.39 is 0 Å². The second-order valence-corrected chi connectivity index (χ2v) is 4.90. The summed E-state index contributed by atoms with van der Waals surface area (Å²) < 4.78 is 13.1. The molecule has 78 valence electrons. The van der Waals surface area contributed by atoms with Crippen LogP contribution in [0.15, 0.2) is 12.1 Å². The van der Waals surface area contributed by atoms with E-state index >= 15 is 0 Å². The third-order valence-electron chi connectivity index (χ3n) is 1.59. The Morgan fingerprint density at radius 3 is 1.57 bits per heavy atom. The highest BCUT2D eigenvalue weighted by atomic mass is 127. The van der Waals surface area contributed by atoms with Gasteiger partial charge in [0.05, 0.1) is 20.4 Å². The molecule has 0 saturated carbocycles. The number of rotatable bonds is 4. The highest BCUT2D eigenvalue weighted by Gasteiger charge is 2.07. The van der Waals surface area contributed by atoms with Gasteiger partial charge in [0.1, 0.15) is 11.5 Å². The largest absolute Gasteiger partial charge is 0.493 e. The van der Waals surface area contributed by atoms with E-state index in [1.165, 1.54) is 0 Å². The number of hydrogen-bond acceptors (Lipinski definition) is 2. The van der Waals surface area contributed by atoms with Gasteiger partial charge < -0.3 is 9.47 Å². The van der Waals surface area contributed by atoms with E-state index in [1.807, 2.05) is 26.0 Å². The van der Waals surface area contributed by atoms with Crippen molar-refractivity contribution < 1.29 is 9.47 Å². The first-order chi connectivity index (χ1) is 6.69. The zero-order valence-electron chi connectivity index (χ0n) is 8.14. The fourth-order valence-electron chi connectivity index (χ4n) is 1.04. The van der Waals surface area contributed by atoms with E-state index in [4.69, 9.17) is 9.47 Å². The van der Waals surface area contributed by atoms with Crippen LogP contribution < -0.4 is 9.47 Å². The molecule has 14 heavy (non-hydrogen) atoms. The van der Waals surface area contributed by atoms with Gasteiger partial charge in [-0.1, -0.05) is 0 Å². The number of hydrogen-bond donors (Lipinski definition) is 0. The van der Waals surface area contributed by atoms with Crippen LogP contribution in [-0.4, -0.2) is 13.2 Å². The van der Waals surface area contributed by atoms with Crippen molar-refractivity contribution >= 4 is 45.2 Å². The van der Waals surface area contributed by atoms with Crippen LogP contribution in [0.1, 0.15) is 13.8 Å². The molecule has 0 N–H and O–H groups in total. The maximum atomic E-state index is 5.48. The predicted molar refractivity (Wildman–Crippen MR) is 74.2 cm³/mol. The van der Waals surface area contributed by atoms with Crippen LogP contribution in [0.2, 0.25) is 0 Å².